The molecule has 0 saturated heterocycles. The van der Waals surface area contributed by atoms with Crippen LogP contribution in [-0.2, 0) is 4.79 Å². The Balaban J connectivity index is 3.25. The number of alkyl halides is 1. The first-order valence-corrected chi connectivity index (χ1v) is 4.28. The van der Waals surface area contributed by atoms with Crippen molar-refractivity contribution in [2.45, 2.75) is 0 Å². The van der Waals surface area contributed by atoms with Crippen molar-refractivity contribution in [3.8, 4) is 0 Å². The Labute approximate surface area is 69.9 Å². The van der Waals surface area contributed by atoms with Crippen LogP contribution < -0.4 is 10.9 Å². The largest absolute Gasteiger partial charge is 0.411 e. The first-order valence-electron chi connectivity index (χ1n) is 1.92. The zero-order valence-corrected chi connectivity index (χ0v) is 7.77. The van der Waals surface area contributed by atoms with Crippen LogP contribution in [0.3, 0.4) is 0 Å². The van der Waals surface area contributed by atoms with E-state index in [4.69, 9.17) is 5.64 Å². The molecule has 0 unspecified atom stereocenters. The molecule has 0 saturated carbocycles. The van der Waals surface area contributed by atoms with Crippen LogP contribution in [0.15, 0.2) is 0 Å². The van der Waals surface area contributed by atoms with Crippen LogP contribution in [0, 0.1) is 0 Å². The molecule has 46 valence electrons. The number of rotatable bonds is 2. The summed E-state index contributed by atoms with van der Waals surface area (Å²) in [5.41, 5.74) is 5.20. The zero-order chi connectivity index (χ0) is 6.57. The van der Waals surface area contributed by atoms with Crippen LogP contribution in [0.1, 0.15) is 0 Å². The predicted molar refractivity (Wildman–Crippen MR) is 45.9 cm³/mol. The standard InChI is InChI=1S/C2H5BBrIN2O/c4-1-2(8)7-3(5)6/h1,6H2,(H,7,8). The molecule has 0 fully saturated rings. The molecular formula is C2H5BBrIN2O. The summed E-state index contributed by atoms with van der Waals surface area (Å²) in [6, 6.07) is 0. The molecule has 3 nitrogen and oxygen atoms in total. The van der Waals surface area contributed by atoms with Crippen molar-refractivity contribution >= 4 is 49.1 Å². The van der Waals surface area contributed by atoms with Crippen LogP contribution in [-0.4, -0.2) is 16.1 Å². The molecule has 0 aliphatic heterocycles. The van der Waals surface area contributed by atoms with Gasteiger partial charge in [0.2, 0.25) is 5.91 Å². The van der Waals surface area contributed by atoms with Gasteiger partial charge >= 0.3 is 4.84 Å². The van der Waals surface area contributed by atoms with Crippen LogP contribution in [0.2, 0.25) is 0 Å². The summed E-state index contributed by atoms with van der Waals surface area (Å²) < 4.78 is 0. The lowest BCUT2D eigenvalue weighted by Crippen LogP contribution is -2.41. The first kappa shape index (κ1) is 8.70. The van der Waals surface area contributed by atoms with E-state index in [1.807, 2.05) is 22.4 Å². The quantitative estimate of drug-likeness (QED) is 0.423. The second-order valence-corrected chi connectivity index (χ2v) is 3.01. The van der Waals surface area contributed by atoms with E-state index in [-0.39, 0.29) is 10.7 Å². The molecule has 6 heteroatoms. The second kappa shape index (κ2) is 4.57. The first-order chi connectivity index (χ1) is 3.66. The van der Waals surface area contributed by atoms with Crippen molar-refractivity contribution in [1.29, 1.82) is 0 Å². The lowest BCUT2D eigenvalue weighted by molar-refractivity contribution is -0.116. The van der Waals surface area contributed by atoms with Gasteiger partial charge in [-0.2, -0.15) is 0 Å². The molecule has 0 spiro atoms. The smallest absolute Gasteiger partial charge is 0.375 e. The Morgan fingerprint density at radius 2 is 2.50 bits per heavy atom. The van der Waals surface area contributed by atoms with Gasteiger partial charge in [0.1, 0.15) is 0 Å². The van der Waals surface area contributed by atoms with Gasteiger partial charge in [-0.25, -0.2) is 0 Å². The fourth-order valence-corrected chi connectivity index (χ4v) is 0.702. The molecule has 0 atom stereocenters. The molecule has 0 aromatic carbocycles. The normalized spacial score (nSPS) is 8.38. The summed E-state index contributed by atoms with van der Waals surface area (Å²) in [5, 5.41) is 2.78. The summed E-state index contributed by atoms with van der Waals surface area (Å²) >= 11 is 4.88. The second-order valence-electron chi connectivity index (χ2n) is 1.10. The van der Waals surface area contributed by atoms with Gasteiger partial charge in [0.25, 0.3) is 0 Å². The zero-order valence-electron chi connectivity index (χ0n) is 4.03. The summed E-state index contributed by atoms with van der Waals surface area (Å²) in [6.45, 7) is 0. The topological polar surface area (TPSA) is 55.1 Å². The minimum absolute atomic E-state index is 0.0908. The van der Waals surface area contributed by atoms with Crippen molar-refractivity contribution in [2.75, 3.05) is 5.33 Å². The number of carbonyl (C=O) groups excluding carboxylic acids is 1. The monoisotopic (exact) mass is 290 g/mol. The lowest BCUT2D eigenvalue weighted by Gasteiger charge is -1.98. The van der Waals surface area contributed by atoms with E-state index in [2.05, 4.69) is 21.2 Å². The van der Waals surface area contributed by atoms with E-state index in [0.717, 1.165) is 0 Å². The Morgan fingerprint density at radius 3 is 2.62 bits per heavy atom. The Bertz CT molecular complexity index is 90.1. The molecule has 8 heavy (non-hydrogen) atoms. The Hall–Kier alpha value is 0.705. The molecular weight excluding hydrogens is 286 g/mol. The number of amides is 1. The van der Waals surface area contributed by atoms with E-state index in [0.29, 0.717) is 5.33 Å². The Morgan fingerprint density at radius 1 is 2.00 bits per heavy atom. The molecule has 0 rings (SSSR count). The highest BCUT2D eigenvalue weighted by molar-refractivity contribution is 14.1. The average molecular weight is 291 g/mol. The number of carbonyl (C=O) groups is 1. The molecule has 0 radical (unpaired) electrons. The van der Waals surface area contributed by atoms with Crippen LogP contribution >= 0.6 is 38.3 Å². The van der Waals surface area contributed by atoms with Crippen LogP contribution in [0.4, 0.5) is 0 Å². The lowest BCUT2D eigenvalue weighted by atomic mass is 10.2. The van der Waals surface area contributed by atoms with Crippen molar-refractivity contribution < 1.29 is 4.79 Å². The fourth-order valence-electron chi connectivity index (χ4n) is 0.192. The van der Waals surface area contributed by atoms with Gasteiger partial charge in [-0.15, -0.1) is 0 Å². The van der Waals surface area contributed by atoms with E-state index >= 15 is 0 Å². The molecule has 0 heterocycles. The summed E-state index contributed by atoms with van der Waals surface area (Å²) in [5.74, 6) is -0.0908. The van der Waals surface area contributed by atoms with Gasteiger partial charge in [0, 0.05) is 0 Å². The minimum atomic E-state index is -0.280. The molecule has 1 amide bonds. The van der Waals surface area contributed by atoms with Crippen molar-refractivity contribution in [3.63, 3.8) is 0 Å². The fraction of sp³-hybridized carbons (Fsp3) is 0.500. The number of halogens is 2. The molecule has 0 aliphatic carbocycles. The van der Waals surface area contributed by atoms with Gasteiger partial charge in [-0.1, -0.05) is 38.3 Å². The van der Waals surface area contributed by atoms with E-state index in [1.165, 1.54) is 0 Å². The third kappa shape index (κ3) is 4.85. The van der Waals surface area contributed by atoms with E-state index in [9.17, 15) is 4.79 Å². The number of nitrogens with one attached hydrogen (secondary N) is 1. The van der Waals surface area contributed by atoms with Gasteiger partial charge in [0.05, 0.1) is 5.33 Å². The average Bonchev–Trinajstić information content (AvgIpc) is 1.65. The summed E-state index contributed by atoms with van der Waals surface area (Å²) in [7, 11) is 0. The van der Waals surface area contributed by atoms with Crippen LogP contribution in [0.5, 0.6) is 0 Å². The number of hydrogen-bond donors (Lipinski definition) is 2. The SMILES string of the molecule is NB(I)NC(=O)CBr. The maximum absolute atomic E-state index is 10.4. The number of nitrogens with two attached hydrogens (primary N) is 1. The third-order valence-electron chi connectivity index (χ3n) is 0.420. The maximum Gasteiger partial charge on any atom is 0.411 e. The van der Waals surface area contributed by atoms with E-state index < -0.39 is 0 Å². The number of hydrogen-bond acceptors (Lipinski definition) is 2. The van der Waals surface area contributed by atoms with Crippen molar-refractivity contribution in [3.05, 3.63) is 0 Å². The summed E-state index contributed by atoms with van der Waals surface area (Å²) in [4.78, 5) is 10.1. The van der Waals surface area contributed by atoms with Gasteiger partial charge in [-0.05, 0) is 0 Å². The molecule has 0 aromatic rings. The Kier molecular flexibility index (Phi) is 4.97. The highest BCUT2D eigenvalue weighted by Gasteiger charge is 2.04. The van der Waals surface area contributed by atoms with Gasteiger partial charge in [0.15, 0.2) is 0 Å². The van der Waals surface area contributed by atoms with Crippen molar-refractivity contribution in [2.24, 2.45) is 5.64 Å². The predicted octanol–water partition coefficient (Wildman–Crippen LogP) is -0.124. The summed E-state index contributed by atoms with van der Waals surface area (Å²) in [6.07, 6.45) is 0. The molecule has 0 aliphatic rings. The molecule has 0 aromatic heterocycles. The van der Waals surface area contributed by atoms with Crippen molar-refractivity contribution in [1.82, 2.24) is 5.23 Å². The van der Waals surface area contributed by atoms with Gasteiger partial charge < -0.3 is 10.9 Å². The highest BCUT2D eigenvalue weighted by atomic mass is 127. The van der Waals surface area contributed by atoms with E-state index in [1.54, 1.807) is 0 Å². The van der Waals surface area contributed by atoms with Crippen LogP contribution in [0.25, 0.3) is 0 Å². The molecule has 0 bridgehead atoms. The minimum Gasteiger partial charge on any atom is -0.375 e. The van der Waals surface area contributed by atoms with Gasteiger partial charge in [-0.3, -0.25) is 4.79 Å². The maximum atomic E-state index is 10.4. The molecule has 3 N–H and O–H groups in total. The highest BCUT2D eigenvalue weighted by Crippen LogP contribution is 1.82. The third-order valence-corrected chi connectivity index (χ3v) is 1.24.